The summed E-state index contributed by atoms with van der Waals surface area (Å²) in [7, 11) is 1.43. The third-order valence-corrected chi connectivity index (χ3v) is 5.15. The largest absolute Gasteiger partial charge is 0.493 e. The molecule has 1 aliphatic heterocycles. The molecule has 1 aliphatic rings. The summed E-state index contributed by atoms with van der Waals surface area (Å²) in [5.41, 5.74) is 0.545. The van der Waals surface area contributed by atoms with E-state index in [1.165, 1.54) is 13.2 Å². The second kappa shape index (κ2) is 11.0. The van der Waals surface area contributed by atoms with E-state index < -0.39 is 29.6 Å². The third-order valence-electron chi connectivity index (χ3n) is 3.66. The maximum Gasteiger partial charge on any atom is 0.344 e. The molecule has 162 valence electrons. The maximum atomic E-state index is 12.5. The summed E-state index contributed by atoms with van der Waals surface area (Å²) in [5.74, 6) is -1.17. The van der Waals surface area contributed by atoms with Crippen molar-refractivity contribution in [2.45, 2.75) is 13.8 Å². The zero-order chi connectivity index (χ0) is 22.3. The molecule has 30 heavy (non-hydrogen) atoms. The average Bonchev–Trinajstić information content (AvgIpc) is 2.94. The van der Waals surface area contributed by atoms with E-state index in [1.54, 1.807) is 26.0 Å². The topological polar surface area (TPSA) is 108 Å². The molecule has 0 saturated carbocycles. The van der Waals surface area contributed by atoms with E-state index in [-0.39, 0.29) is 30.5 Å². The minimum Gasteiger partial charge on any atom is -0.493 e. The highest BCUT2D eigenvalue weighted by Crippen LogP contribution is 2.39. The summed E-state index contributed by atoms with van der Waals surface area (Å²) in [6, 6.07) is 3.23. The van der Waals surface area contributed by atoms with Crippen LogP contribution >= 0.6 is 27.7 Å². The number of amides is 2. The van der Waals surface area contributed by atoms with Crippen LogP contribution in [0.2, 0.25) is 0 Å². The minimum atomic E-state index is -0.659. The van der Waals surface area contributed by atoms with Gasteiger partial charge in [-0.25, -0.2) is 4.79 Å². The highest BCUT2D eigenvalue weighted by Gasteiger charge is 2.36. The van der Waals surface area contributed by atoms with Gasteiger partial charge in [0.05, 0.1) is 29.7 Å². The van der Waals surface area contributed by atoms with Crippen molar-refractivity contribution in [3.8, 4) is 11.5 Å². The number of rotatable bonds is 9. The molecule has 1 aromatic rings. The molecular weight excluding hydrogens is 482 g/mol. The van der Waals surface area contributed by atoms with Crippen LogP contribution in [-0.4, -0.2) is 61.5 Å². The van der Waals surface area contributed by atoms with Crippen molar-refractivity contribution in [1.82, 2.24) is 4.90 Å². The number of hydrogen-bond acceptors (Lipinski definition) is 9. The number of imide groups is 1. The number of ether oxygens (including phenoxy) is 4. The van der Waals surface area contributed by atoms with Crippen LogP contribution in [0.3, 0.4) is 0 Å². The Kier molecular flexibility index (Phi) is 8.72. The molecular formula is C19H20BrNO8S. The molecule has 1 fully saturated rings. The molecule has 0 radical (unpaired) electrons. The molecule has 1 heterocycles. The summed E-state index contributed by atoms with van der Waals surface area (Å²) in [4.78, 5) is 48.7. The molecule has 0 N–H and O–H groups in total. The van der Waals surface area contributed by atoms with E-state index in [4.69, 9.17) is 18.9 Å². The minimum absolute atomic E-state index is 0.151. The van der Waals surface area contributed by atoms with Crippen LogP contribution < -0.4 is 9.47 Å². The van der Waals surface area contributed by atoms with Gasteiger partial charge in [0.2, 0.25) is 0 Å². The van der Waals surface area contributed by atoms with Gasteiger partial charge in [-0.05, 0) is 65.3 Å². The summed E-state index contributed by atoms with van der Waals surface area (Å²) in [5, 5.41) is -0.556. The Morgan fingerprint density at radius 3 is 2.43 bits per heavy atom. The van der Waals surface area contributed by atoms with Crippen molar-refractivity contribution in [1.29, 1.82) is 0 Å². The van der Waals surface area contributed by atoms with Crippen molar-refractivity contribution >= 4 is 56.9 Å². The van der Waals surface area contributed by atoms with E-state index in [1.807, 2.05) is 0 Å². The van der Waals surface area contributed by atoms with Gasteiger partial charge < -0.3 is 18.9 Å². The fraction of sp³-hybridized carbons (Fsp3) is 0.368. The lowest BCUT2D eigenvalue weighted by Gasteiger charge is -2.13. The van der Waals surface area contributed by atoms with Crippen molar-refractivity contribution in [2.24, 2.45) is 0 Å². The SMILES string of the molecule is CCOC(=O)COc1c(Br)cc(C=C2SC(=O)N(CC(=O)OCC)C2=O)cc1OC. The van der Waals surface area contributed by atoms with E-state index >= 15 is 0 Å². The number of carbonyl (C=O) groups is 4. The van der Waals surface area contributed by atoms with Crippen LogP contribution in [0, 0.1) is 0 Å². The summed E-state index contributed by atoms with van der Waals surface area (Å²) in [6.45, 7) is 2.99. The fourth-order valence-electron chi connectivity index (χ4n) is 2.42. The molecule has 1 aromatic carbocycles. The van der Waals surface area contributed by atoms with Crippen molar-refractivity contribution in [3.05, 3.63) is 27.1 Å². The molecule has 0 aromatic heterocycles. The van der Waals surface area contributed by atoms with E-state index in [0.29, 0.717) is 15.8 Å². The highest BCUT2D eigenvalue weighted by atomic mass is 79.9. The van der Waals surface area contributed by atoms with Crippen LogP contribution in [0.25, 0.3) is 6.08 Å². The summed E-state index contributed by atoms with van der Waals surface area (Å²) >= 11 is 4.07. The summed E-state index contributed by atoms with van der Waals surface area (Å²) < 4.78 is 20.9. The van der Waals surface area contributed by atoms with Gasteiger partial charge in [0, 0.05) is 0 Å². The second-order valence-corrected chi connectivity index (χ2v) is 7.55. The normalized spacial score (nSPS) is 14.8. The number of benzene rings is 1. The first-order valence-electron chi connectivity index (χ1n) is 8.87. The van der Waals surface area contributed by atoms with Crippen molar-refractivity contribution < 1.29 is 38.1 Å². The second-order valence-electron chi connectivity index (χ2n) is 5.70. The predicted molar refractivity (Wildman–Crippen MR) is 112 cm³/mol. The van der Waals surface area contributed by atoms with Crippen LogP contribution in [0.1, 0.15) is 19.4 Å². The fourth-order valence-corrected chi connectivity index (χ4v) is 3.83. The van der Waals surface area contributed by atoms with Crippen LogP contribution in [-0.2, 0) is 23.9 Å². The van der Waals surface area contributed by atoms with Gasteiger partial charge in [0.1, 0.15) is 6.54 Å². The smallest absolute Gasteiger partial charge is 0.344 e. The lowest BCUT2D eigenvalue weighted by atomic mass is 10.2. The lowest BCUT2D eigenvalue weighted by Crippen LogP contribution is -2.34. The van der Waals surface area contributed by atoms with Crippen LogP contribution in [0.4, 0.5) is 4.79 Å². The first kappa shape index (κ1) is 23.7. The molecule has 0 atom stereocenters. The molecule has 1 saturated heterocycles. The lowest BCUT2D eigenvalue weighted by molar-refractivity contribution is -0.146. The summed E-state index contributed by atoms with van der Waals surface area (Å²) in [6.07, 6.45) is 1.50. The van der Waals surface area contributed by atoms with E-state index in [2.05, 4.69) is 15.9 Å². The number of esters is 2. The first-order chi connectivity index (χ1) is 14.3. The van der Waals surface area contributed by atoms with Crippen LogP contribution in [0.15, 0.2) is 21.5 Å². The molecule has 0 unspecified atom stereocenters. The molecule has 11 heteroatoms. The maximum absolute atomic E-state index is 12.5. The Labute approximate surface area is 185 Å². The van der Waals surface area contributed by atoms with Gasteiger partial charge in [-0.1, -0.05) is 0 Å². The van der Waals surface area contributed by atoms with E-state index in [9.17, 15) is 19.2 Å². The van der Waals surface area contributed by atoms with Gasteiger partial charge in [-0.15, -0.1) is 0 Å². The number of hydrogen-bond donors (Lipinski definition) is 0. The van der Waals surface area contributed by atoms with Crippen molar-refractivity contribution in [2.75, 3.05) is 33.5 Å². The van der Waals surface area contributed by atoms with Gasteiger partial charge in [0.25, 0.3) is 11.1 Å². The average molecular weight is 502 g/mol. The molecule has 0 spiro atoms. The van der Waals surface area contributed by atoms with Gasteiger partial charge in [0.15, 0.2) is 18.1 Å². The number of thioether (sulfide) groups is 1. The molecule has 2 rings (SSSR count). The van der Waals surface area contributed by atoms with Gasteiger partial charge in [-0.3, -0.25) is 19.3 Å². The van der Waals surface area contributed by atoms with Gasteiger partial charge in [-0.2, -0.15) is 0 Å². The number of carbonyl (C=O) groups excluding carboxylic acids is 4. The number of halogens is 1. The van der Waals surface area contributed by atoms with Gasteiger partial charge >= 0.3 is 11.9 Å². The monoisotopic (exact) mass is 501 g/mol. The Morgan fingerprint density at radius 2 is 1.80 bits per heavy atom. The zero-order valence-electron chi connectivity index (χ0n) is 16.6. The van der Waals surface area contributed by atoms with Crippen LogP contribution in [0.5, 0.6) is 11.5 Å². The Bertz CT molecular complexity index is 886. The third kappa shape index (κ3) is 5.99. The Hall–Kier alpha value is -2.53. The first-order valence-corrected chi connectivity index (χ1v) is 10.5. The molecule has 9 nitrogen and oxygen atoms in total. The number of methoxy groups -OCH3 is 1. The Morgan fingerprint density at radius 1 is 1.13 bits per heavy atom. The Balaban J connectivity index is 2.21. The number of nitrogens with zero attached hydrogens (tertiary/aromatic N) is 1. The van der Waals surface area contributed by atoms with E-state index in [0.717, 1.165) is 16.7 Å². The van der Waals surface area contributed by atoms with Crippen molar-refractivity contribution in [3.63, 3.8) is 0 Å². The predicted octanol–water partition coefficient (Wildman–Crippen LogP) is 3.00. The zero-order valence-corrected chi connectivity index (χ0v) is 19.0. The quantitative estimate of drug-likeness (QED) is 0.372. The highest BCUT2D eigenvalue weighted by molar-refractivity contribution is 9.10. The molecule has 2 amide bonds. The molecule has 0 bridgehead atoms. The standard InChI is InChI=1S/C19H20BrNO8S/c1-4-27-15(22)9-21-18(24)14(30-19(21)25)8-11-6-12(20)17(13(7-11)26-3)29-10-16(23)28-5-2/h6-8H,4-5,9-10H2,1-3H3. The molecule has 0 aliphatic carbocycles.